The second-order valence-corrected chi connectivity index (χ2v) is 10.9. The Morgan fingerprint density at radius 1 is 1.10 bits per heavy atom. The van der Waals surface area contributed by atoms with E-state index < -0.39 is 29.8 Å². The molecule has 5 atom stereocenters. The lowest BCUT2D eigenvalue weighted by Crippen LogP contribution is -2.49. The average Bonchev–Trinajstić information content (AvgIpc) is 3.27. The zero-order valence-electron chi connectivity index (χ0n) is 23.8. The molecule has 0 bridgehead atoms. The fraction of sp³-hybridized carbons (Fsp3) is 0.469. The van der Waals surface area contributed by atoms with Gasteiger partial charge in [0.1, 0.15) is 17.7 Å². The van der Waals surface area contributed by atoms with Gasteiger partial charge in [-0.3, -0.25) is 9.63 Å². The van der Waals surface area contributed by atoms with E-state index in [-0.39, 0.29) is 19.1 Å². The molecule has 1 aliphatic heterocycles. The lowest BCUT2D eigenvalue weighted by molar-refractivity contribution is -0.181. The molecule has 1 amide bonds. The number of rotatable bonds is 12. The first kappa shape index (κ1) is 30.7. The van der Waals surface area contributed by atoms with Crippen LogP contribution in [0.5, 0.6) is 0 Å². The van der Waals surface area contributed by atoms with Gasteiger partial charge in [0.2, 0.25) is 5.91 Å². The van der Waals surface area contributed by atoms with Crippen LogP contribution >= 0.6 is 0 Å². The Morgan fingerprint density at radius 2 is 1.79 bits per heavy atom. The quantitative estimate of drug-likeness (QED) is 0.303. The number of hydroxylamine groups is 2. The van der Waals surface area contributed by atoms with Crippen molar-refractivity contribution in [3.63, 3.8) is 0 Å². The molecule has 7 heteroatoms. The standard InChI is InChI=1S/C32H44N2O5/c1-22(2)11-9-12-23(3)17-18-33-31(37)30-29(24(4)36)28(21-35)39-34(30)20-25-13-10-16-27(19-25)32(5,38)26-14-7-6-8-15-26/h6-8,10-11,13-17,19,24,28-30,35-36,38H,9,12,18,20-21H2,1-5H3,(H,33,37)/b23-17+/t24-,28-,29+,30-,32?/m1/s1. The molecule has 3 rings (SSSR count). The normalized spacial score (nSPS) is 22.3. The van der Waals surface area contributed by atoms with Crippen LogP contribution in [0.15, 0.2) is 77.9 Å². The number of amides is 1. The van der Waals surface area contributed by atoms with Gasteiger partial charge in [-0.25, -0.2) is 0 Å². The Labute approximate surface area is 232 Å². The third-order valence-electron chi connectivity index (χ3n) is 7.36. The molecule has 1 aliphatic rings. The number of hydrogen-bond acceptors (Lipinski definition) is 6. The van der Waals surface area contributed by atoms with Crippen LogP contribution in [0.3, 0.4) is 0 Å². The highest BCUT2D eigenvalue weighted by atomic mass is 16.7. The summed E-state index contributed by atoms with van der Waals surface area (Å²) >= 11 is 0. The van der Waals surface area contributed by atoms with Gasteiger partial charge in [0, 0.05) is 12.5 Å². The van der Waals surface area contributed by atoms with Gasteiger partial charge in [-0.05, 0) is 64.2 Å². The summed E-state index contributed by atoms with van der Waals surface area (Å²) in [7, 11) is 0. The van der Waals surface area contributed by atoms with Crippen molar-refractivity contribution in [2.75, 3.05) is 13.2 Å². The molecule has 1 heterocycles. The molecule has 0 saturated carbocycles. The smallest absolute Gasteiger partial charge is 0.240 e. The molecule has 2 aromatic rings. The number of aliphatic hydroxyl groups is 3. The molecule has 0 aromatic heterocycles. The number of nitrogens with zero attached hydrogens (tertiary/aromatic N) is 1. The van der Waals surface area contributed by atoms with Crippen molar-refractivity contribution in [3.05, 3.63) is 94.6 Å². The molecule has 0 aliphatic carbocycles. The van der Waals surface area contributed by atoms with E-state index in [1.165, 1.54) is 11.1 Å². The number of aliphatic hydroxyl groups excluding tert-OH is 2. The van der Waals surface area contributed by atoms with Crippen LogP contribution in [-0.4, -0.2) is 57.7 Å². The molecule has 0 radical (unpaired) electrons. The predicted molar refractivity (Wildman–Crippen MR) is 153 cm³/mol. The molecule has 4 N–H and O–H groups in total. The van der Waals surface area contributed by atoms with Gasteiger partial charge >= 0.3 is 0 Å². The van der Waals surface area contributed by atoms with Crippen molar-refractivity contribution in [1.82, 2.24) is 10.4 Å². The molecular formula is C32H44N2O5. The molecule has 212 valence electrons. The van der Waals surface area contributed by atoms with Gasteiger partial charge in [0.15, 0.2) is 0 Å². The largest absolute Gasteiger partial charge is 0.394 e. The van der Waals surface area contributed by atoms with Gasteiger partial charge in [0.05, 0.1) is 19.3 Å². The first-order valence-electron chi connectivity index (χ1n) is 13.7. The lowest BCUT2D eigenvalue weighted by Gasteiger charge is -2.27. The molecule has 1 fully saturated rings. The monoisotopic (exact) mass is 536 g/mol. The van der Waals surface area contributed by atoms with E-state index in [2.05, 4.69) is 25.2 Å². The van der Waals surface area contributed by atoms with Gasteiger partial charge in [-0.1, -0.05) is 77.9 Å². The molecule has 39 heavy (non-hydrogen) atoms. The Balaban J connectivity index is 1.78. The minimum absolute atomic E-state index is 0.244. The van der Waals surface area contributed by atoms with E-state index in [0.29, 0.717) is 12.1 Å². The van der Waals surface area contributed by atoms with Crippen LogP contribution in [0.4, 0.5) is 0 Å². The van der Waals surface area contributed by atoms with Gasteiger partial charge in [-0.15, -0.1) is 0 Å². The zero-order chi connectivity index (χ0) is 28.6. The summed E-state index contributed by atoms with van der Waals surface area (Å²) in [4.78, 5) is 19.4. The number of allylic oxidation sites excluding steroid dienone is 3. The summed E-state index contributed by atoms with van der Waals surface area (Å²) in [6.07, 6.45) is 4.51. The first-order chi connectivity index (χ1) is 18.5. The fourth-order valence-corrected chi connectivity index (χ4v) is 5.08. The summed E-state index contributed by atoms with van der Waals surface area (Å²) in [6, 6.07) is 16.2. The van der Waals surface area contributed by atoms with Gasteiger partial charge < -0.3 is 20.6 Å². The predicted octanol–water partition coefficient (Wildman–Crippen LogP) is 4.23. The number of carbonyl (C=O) groups excluding carboxylic acids is 1. The van der Waals surface area contributed by atoms with E-state index in [0.717, 1.165) is 24.0 Å². The summed E-state index contributed by atoms with van der Waals surface area (Å²) in [5.41, 5.74) is 3.59. The highest BCUT2D eigenvalue weighted by Gasteiger charge is 2.49. The lowest BCUT2D eigenvalue weighted by atomic mass is 9.87. The summed E-state index contributed by atoms with van der Waals surface area (Å²) < 4.78 is 0. The van der Waals surface area contributed by atoms with E-state index in [1.54, 1.807) is 18.9 Å². The van der Waals surface area contributed by atoms with Crippen molar-refractivity contribution >= 4 is 5.91 Å². The van der Waals surface area contributed by atoms with Crippen LogP contribution in [0.2, 0.25) is 0 Å². The van der Waals surface area contributed by atoms with Crippen molar-refractivity contribution in [1.29, 1.82) is 0 Å². The van der Waals surface area contributed by atoms with E-state index >= 15 is 0 Å². The van der Waals surface area contributed by atoms with E-state index in [1.807, 2.05) is 67.6 Å². The molecule has 2 aromatic carbocycles. The first-order valence-corrected chi connectivity index (χ1v) is 13.7. The van der Waals surface area contributed by atoms with Crippen LogP contribution in [0.1, 0.15) is 64.2 Å². The summed E-state index contributed by atoms with van der Waals surface area (Å²) in [5.74, 6) is -0.869. The molecule has 1 unspecified atom stereocenters. The maximum absolute atomic E-state index is 13.4. The second-order valence-electron chi connectivity index (χ2n) is 10.9. The summed E-state index contributed by atoms with van der Waals surface area (Å²) in [6.45, 7) is 9.87. The maximum Gasteiger partial charge on any atom is 0.240 e. The Bertz CT molecular complexity index is 1140. The zero-order valence-corrected chi connectivity index (χ0v) is 23.8. The Kier molecular flexibility index (Phi) is 11.0. The average molecular weight is 537 g/mol. The maximum atomic E-state index is 13.4. The Morgan fingerprint density at radius 3 is 2.44 bits per heavy atom. The van der Waals surface area contributed by atoms with Gasteiger partial charge in [-0.2, -0.15) is 5.06 Å². The Hall–Kier alpha value is -2.81. The van der Waals surface area contributed by atoms with E-state index in [9.17, 15) is 20.1 Å². The molecule has 7 nitrogen and oxygen atoms in total. The van der Waals surface area contributed by atoms with Crippen molar-refractivity contribution in [2.45, 2.75) is 77.9 Å². The SMILES string of the molecule is CC(C)=CCC/C(C)=C/CNC(=O)[C@H]1[C@@H]([C@@H](C)O)[C@@H](CO)ON1Cc1cccc(C(C)(O)c2ccccc2)c1. The highest BCUT2D eigenvalue weighted by molar-refractivity contribution is 5.82. The summed E-state index contributed by atoms with van der Waals surface area (Å²) in [5, 5.41) is 36.4. The van der Waals surface area contributed by atoms with Crippen LogP contribution < -0.4 is 5.32 Å². The third-order valence-corrected chi connectivity index (χ3v) is 7.36. The topological polar surface area (TPSA) is 102 Å². The minimum atomic E-state index is -1.20. The number of benzene rings is 2. The van der Waals surface area contributed by atoms with Crippen molar-refractivity contribution < 1.29 is 25.0 Å². The van der Waals surface area contributed by atoms with Crippen LogP contribution in [0.25, 0.3) is 0 Å². The van der Waals surface area contributed by atoms with E-state index in [4.69, 9.17) is 4.84 Å². The van der Waals surface area contributed by atoms with Crippen molar-refractivity contribution in [3.8, 4) is 0 Å². The van der Waals surface area contributed by atoms with Gasteiger partial charge in [0.25, 0.3) is 0 Å². The minimum Gasteiger partial charge on any atom is -0.394 e. The molecule has 1 saturated heterocycles. The fourth-order valence-electron chi connectivity index (χ4n) is 5.08. The van der Waals surface area contributed by atoms with Crippen LogP contribution in [0, 0.1) is 5.92 Å². The van der Waals surface area contributed by atoms with Crippen LogP contribution in [-0.2, 0) is 21.8 Å². The van der Waals surface area contributed by atoms with Crippen molar-refractivity contribution in [2.24, 2.45) is 5.92 Å². The molecular weight excluding hydrogens is 492 g/mol. The number of nitrogens with one attached hydrogen (secondary N) is 1. The number of carbonyl (C=O) groups is 1. The molecule has 0 spiro atoms. The highest BCUT2D eigenvalue weighted by Crippen LogP contribution is 2.34. The second kappa shape index (κ2) is 14.0. The number of hydrogen-bond donors (Lipinski definition) is 4. The third kappa shape index (κ3) is 8.10.